The van der Waals surface area contributed by atoms with Crippen LogP contribution in [-0.2, 0) is 26.0 Å². The third-order valence-electron chi connectivity index (χ3n) is 3.69. The van der Waals surface area contributed by atoms with Crippen LogP contribution in [0.15, 0.2) is 53.4 Å². The molecule has 1 amide bonds. The molecule has 0 saturated heterocycles. The molecule has 2 aromatic rings. The zero-order valence-electron chi connectivity index (χ0n) is 15.1. The minimum atomic E-state index is -3.79. The second-order valence-electron chi connectivity index (χ2n) is 5.83. The number of rotatable bonds is 10. The van der Waals surface area contributed by atoms with E-state index in [4.69, 9.17) is 4.74 Å². The van der Waals surface area contributed by atoms with E-state index in [1.165, 1.54) is 12.1 Å². The summed E-state index contributed by atoms with van der Waals surface area (Å²) in [5.74, 6) is -0.611. The van der Waals surface area contributed by atoms with Gasteiger partial charge < -0.3 is 10.1 Å². The van der Waals surface area contributed by atoms with E-state index in [0.29, 0.717) is 25.4 Å². The van der Waals surface area contributed by atoms with Crippen LogP contribution in [-0.4, -0.2) is 34.1 Å². The number of ether oxygens (including phenoxy) is 1. The number of hydrogen-bond acceptors (Lipinski definition) is 4. The topological polar surface area (TPSA) is 84.5 Å². The first-order valence-corrected chi connectivity index (χ1v) is 10.1. The smallest absolute Gasteiger partial charge is 0.261 e. The lowest BCUT2D eigenvalue weighted by Gasteiger charge is -2.09. The Labute approximate surface area is 158 Å². The Bertz CT molecular complexity index is 837. The molecule has 0 fully saturated rings. The summed E-state index contributed by atoms with van der Waals surface area (Å²) in [6, 6.07) is 11.1. The average Bonchev–Trinajstić information content (AvgIpc) is 2.63. The standard InChI is InChI=1S/C19H23FN2O4S/c1-2-26-13-3-12-21-19(23)14-15-4-8-17(9-5-15)22-27(24,25)18-10-6-16(20)7-11-18/h4-11,22H,2-3,12-14H2,1H3,(H,21,23). The SMILES string of the molecule is CCOCCCNC(=O)Cc1ccc(NS(=O)(=O)c2ccc(F)cc2)cc1. The quantitative estimate of drug-likeness (QED) is 0.607. The number of halogens is 1. The lowest BCUT2D eigenvalue weighted by Crippen LogP contribution is -2.26. The van der Waals surface area contributed by atoms with Crippen LogP contribution < -0.4 is 10.0 Å². The van der Waals surface area contributed by atoms with Crippen LogP contribution in [0.4, 0.5) is 10.1 Å². The Balaban J connectivity index is 1.87. The molecule has 0 atom stereocenters. The summed E-state index contributed by atoms with van der Waals surface area (Å²) in [4.78, 5) is 11.8. The van der Waals surface area contributed by atoms with Crippen LogP contribution >= 0.6 is 0 Å². The van der Waals surface area contributed by atoms with Crippen molar-refractivity contribution in [2.45, 2.75) is 24.7 Å². The van der Waals surface area contributed by atoms with Crippen molar-refractivity contribution in [2.24, 2.45) is 0 Å². The Morgan fingerprint density at radius 1 is 1.07 bits per heavy atom. The van der Waals surface area contributed by atoms with E-state index in [2.05, 4.69) is 10.0 Å². The molecule has 0 spiro atoms. The molecule has 0 aliphatic rings. The number of sulfonamides is 1. The fourth-order valence-electron chi connectivity index (χ4n) is 2.31. The number of nitrogens with one attached hydrogen (secondary N) is 2. The van der Waals surface area contributed by atoms with Gasteiger partial charge in [0, 0.05) is 25.4 Å². The summed E-state index contributed by atoms with van der Waals surface area (Å²) in [5, 5.41) is 2.81. The third kappa shape index (κ3) is 6.99. The molecular weight excluding hydrogens is 371 g/mol. The van der Waals surface area contributed by atoms with Crippen molar-refractivity contribution in [3.8, 4) is 0 Å². The molecule has 0 aliphatic carbocycles. The number of carbonyl (C=O) groups excluding carboxylic acids is 1. The van der Waals surface area contributed by atoms with Crippen LogP contribution in [0.1, 0.15) is 18.9 Å². The van der Waals surface area contributed by atoms with Gasteiger partial charge in [-0.05, 0) is 55.3 Å². The van der Waals surface area contributed by atoms with E-state index in [1.807, 2.05) is 6.92 Å². The molecule has 0 aliphatic heterocycles. The summed E-state index contributed by atoms with van der Waals surface area (Å²) < 4.78 is 45.1. The number of carbonyl (C=O) groups is 1. The highest BCUT2D eigenvalue weighted by atomic mass is 32.2. The van der Waals surface area contributed by atoms with Gasteiger partial charge in [0.1, 0.15) is 5.82 Å². The Hall–Kier alpha value is -2.45. The largest absolute Gasteiger partial charge is 0.382 e. The lowest BCUT2D eigenvalue weighted by atomic mass is 10.1. The first kappa shape index (κ1) is 20.9. The average molecular weight is 394 g/mol. The maximum absolute atomic E-state index is 12.9. The fourth-order valence-corrected chi connectivity index (χ4v) is 3.37. The van der Waals surface area contributed by atoms with Crippen molar-refractivity contribution < 1.29 is 22.3 Å². The zero-order valence-corrected chi connectivity index (χ0v) is 15.9. The molecule has 8 heteroatoms. The second kappa shape index (κ2) is 10.0. The first-order valence-electron chi connectivity index (χ1n) is 8.62. The van der Waals surface area contributed by atoms with E-state index >= 15 is 0 Å². The molecule has 2 rings (SSSR count). The van der Waals surface area contributed by atoms with Gasteiger partial charge >= 0.3 is 0 Å². The molecule has 2 aromatic carbocycles. The van der Waals surface area contributed by atoms with Crippen molar-refractivity contribution in [3.63, 3.8) is 0 Å². The van der Waals surface area contributed by atoms with Crippen LogP contribution in [0, 0.1) is 5.82 Å². The van der Waals surface area contributed by atoms with Gasteiger partial charge in [-0.1, -0.05) is 12.1 Å². The normalized spacial score (nSPS) is 11.2. The van der Waals surface area contributed by atoms with E-state index in [0.717, 1.165) is 24.1 Å². The highest BCUT2D eigenvalue weighted by Gasteiger charge is 2.14. The van der Waals surface area contributed by atoms with E-state index in [-0.39, 0.29) is 17.2 Å². The third-order valence-corrected chi connectivity index (χ3v) is 5.08. The van der Waals surface area contributed by atoms with E-state index in [9.17, 15) is 17.6 Å². The van der Waals surface area contributed by atoms with Crippen LogP contribution in [0.5, 0.6) is 0 Å². The molecule has 0 aromatic heterocycles. The van der Waals surface area contributed by atoms with Crippen molar-refractivity contribution in [3.05, 3.63) is 59.9 Å². The van der Waals surface area contributed by atoms with E-state index < -0.39 is 15.8 Å². The zero-order chi connectivity index (χ0) is 19.7. The predicted molar refractivity (Wildman–Crippen MR) is 101 cm³/mol. The van der Waals surface area contributed by atoms with Crippen LogP contribution in [0.25, 0.3) is 0 Å². The maximum Gasteiger partial charge on any atom is 0.261 e. The Morgan fingerprint density at radius 2 is 1.74 bits per heavy atom. The number of hydrogen-bond donors (Lipinski definition) is 2. The van der Waals surface area contributed by atoms with Gasteiger partial charge in [-0.2, -0.15) is 0 Å². The summed E-state index contributed by atoms with van der Waals surface area (Å²) in [6.07, 6.45) is 0.962. The lowest BCUT2D eigenvalue weighted by molar-refractivity contribution is -0.120. The summed E-state index contributed by atoms with van der Waals surface area (Å²) in [5.41, 5.74) is 1.13. The number of benzene rings is 2. The summed E-state index contributed by atoms with van der Waals surface area (Å²) in [7, 11) is -3.79. The van der Waals surface area contributed by atoms with Gasteiger partial charge in [-0.25, -0.2) is 12.8 Å². The molecule has 27 heavy (non-hydrogen) atoms. The van der Waals surface area contributed by atoms with Crippen molar-refractivity contribution in [1.82, 2.24) is 5.32 Å². The predicted octanol–water partition coefficient (Wildman–Crippen LogP) is 2.71. The van der Waals surface area contributed by atoms with E-state index in [1.54, 1.807) is 24.3 Å². The molecule has 0 heterocycles. The van der Waals surface area contributed by atoms with Crippen LogP contribution in [0.2, 0.25) is 0 Å². The minimum Gasteiger partial charge on any atom is -0.382 e. The van der Waals surface area contributed by atoms with Gasteiger partial charge in [-0.3, -0.25) is 9.52 Å². The van der Waals surface area contributed by atoms with Crippen molar-refractivity contribution >= 4 is 21.6 Å². The van der Waals surface area contributed by atoms with Gasteiger partial charge in [0.15, 0.2) is 0 Å². The fraction of sp³-hybridized carbons (Fsp3) is 0.316. The number of anilines is 1. The van der Waals surface area contributed by atoms with Gasteiger partial charge in [0.25, 0.3) is 10.0 Å². The monoisotopic (exact) mass is 394 g/mol. The molecular formula is C19H23FN2O4S. The van der Waals surface area contributed by atoms with Crippen LogP contribution in [0.3, 0.4) is 0 Å². The molecule has 0 saturated carbocycles. The molecule has 6 nitrogen and oxygen atoms in total. The summed E-state index contributed by atoms with van der Waals surface area (Å²) in [6.45, 7) is 3.74. The molecule has 2 N–H and O–H groups in total. The van der Waals surface area contributed by atoms with Crippen molar-refractivity contribution in [2.75, 3.05) is 24.5 Å². The van der Waals surface area contributed by atoms with Gasteiger partial charge in [0.05, 0.1) is 11.3 Å². The summed E-state index contributed by atoms with van der Waals surface area (Å²) >= 11 is 0. The highest BCUT2D eigenvalue weighted by Crippen LogP contribution is 2.17. The maximum atomic E-state index is 12.9. The Kier molecular flexibility index (Phi) is 7.75. The number of amides is 1. The van der Waals surface area contributed by atoms with Gasteiger partial charge in [0.2, 0.25) is 5.91 Å². The van der Waals surface area contributed by atoms with Crippen molar-refractivity contribution in [1.29, 1.82) is 0 Å². The van der Waals surface area contributed by atoms with Gasteiger partial charge in [-0.15, -0.1) is 0 Å². The first-order chi connectivity index (χ1) is 12.9. The minimum absolute atomic E-state index is 0.0283. The molecule has 146 valence electrons. The Morgan fingerprint density at radius 3 is 2.37 bits per heavy atom. The second-order valence-corrected chi connectivity index (χ2v) is 7.52. The molecule has 0 unspecified atom stereocenters. The molecule has 0 radical (unpaired) electrons. The highest BCUT2D eigenvalue weighted by molar-refractivity contribution is 7.92. The molecule has 0 bridgehead atoms.